The summed E-state index contributed by atoms with van der Waals surface area (Å²) >= 11 is 2.06. The maximum atomic E-state index is 4.35. The molecule has 0 bridgehead atoms. The predicted molar refractivity (Wildman–Crippen MR) is 106 cm³/mol. The van der Waals surface area contributed by atoms with Gasteiger partial charge in [0.1, 0.15) is 0 Å². The number of benzene rings is 1. The molecule has 0 aliphatic carbocycles. The van der Waals surface area contributed by atoms with Crippen molar-refractivity contribution in [3.63, 3.8) is 0 Å². The third-order valence-corrected chi connectivity index (χ3v) is 6.07. The van der Waals surface area contributed by atoms with Crippen molar-refractivity contribution in [3.8, 4) is 0 Å². The number of aromatic nitrogens is 2. The Kier molecular flexibility index (Phi) is 6.02. The minimum Gasteiger partial charge on any atom is -0.355 e. The van der Waals surface area contributed by atoms with Gasteiger partial charge in [-0.1, -0.05) is 24.3 Å². The molecule has 2 heterocycles. The molecule has 2 N–H and O–H groups in total. The van der Waals surface area contributed by atoms with Crippen LogP contribution in [0.2, 0.25) is 0 Å². The van der Waals surface area contributed by atoms with Crippen LogP contribution in [0.1, 0.15) is 30.9 Å². The fourth-order valence-electron chi connectivity index (χ4n) is 3.08. The summed E-state index contributed by atoms with van der Waals surface area (Å²) in [5.41, 5.74) is 2.53. The van der Waals surface area contributed by atoms with Crippen LogP contribution in [0.3, 0.4) is 0 Å². The summed E-state index contributed by atoms with van der Waals surface area (Å²) in [6, 6.07) is 8.63. The molecule has 134 valence electrons. The summed E-state index contributed by atoms with van der Waals surface area (Å²) < 4.78 is 2.41. The highest BCUT2D eigenvalue weighted by atomic mass is 32.2. The lowest BCUT2D eigenvalue weighted by Crippen LogP contribution is -2.43. The van der Waals surface area contributed by atoms with E-state index in [1.807, 2.05) is 25.8 Å². The van der Waals surface area contributed by atoms with Crippen LogP contribution in [0, 0.1) is 0 Å². The van der Waals surface area contributed by atoms with Gasteiger partial charge in [-0.15, -0.1) is 0 Å². The molecule has 0 amide bonds. The Morgan fingerprint density at radius 2 is 2.24 bits per heavy atom. The van der Waals surface area contributed by atoms with Gasteiger partial charge in [-0.25, -0.2) is 4.98 Å². The second-order valence-electron chi connectivity index (χ2n) is 6.74. The van der Waals surface area contributed by atoms with E-state index >= 15 is 0 Å². The smallest absolute Gasteiger partial charge is 0.191 e. The number of guanidine groups is 1. The van der Waals surface area contributed by atoms with Crippen LogP contribution < -0.4 is 10.6 Å². The first-order valence-electron chi connectivity index (χ1n) is 8.79. The van der Waals surface area contributed by atoms with Crippen LogP contribution in [-0.2, 0) is 13.1 Å². The monoisotopic (exact) mass is 357 g/mol. The van der Waals surface area contributed by atoms with E-state index in [4.69, 9.17) is 0 Å². The highest BCUT2D eigenvalue weighted by molar-refractivity contribution is 8.00. The van der Waals surface area contributed by atoms with E-state index in [1.165, 1.54) is 29.7 Å². The van der Waals surface area contributed by atoms with Crippen LogP contribution in [-0.4, -0.2) is 39.6 Å². The first kappa shape index (κ1) is 17.9. The first-order valence-corrected chi connectivity index (χ1v) is 9.77. The fraction of sp³-hybridized carbons (Fsp3) is 0.474. The molecule has 1 atom stereocenters. The second kappa shape index (κ2) is 8.43. The highest BCUT2D eigenvalue weighted by Gasteiger charge is 2.29. The van der Waals surface area contributed by atoms with Gasteiger partial charge < -0.3 is 15.2 Å². The number of imidazole rings is 1. The number of thioether (sulfide) groups is 1. The molecule has 3 rings (SSSR count). The molecule has 0 radical (unpaired) electrons. The zero-order valence-corrected chi connectivity index (χ0v) is 15.9. The van der Waals surface area contributed by atoms with Crippen molar-refractivity contribution < 1.29 is 0 Å². The van der Waals surface area contributed by atoms with E-state index in [0.29, 0.717) is 4.75 Å². The van der Waals surface area contributed by atoms with Crippen molar-refractivity contribution in [2.24, 2.45) is 4.99 Å². The van der Waals surface area contributed by atoms with E-state index in [9.17, 15) is 0 Å². The largest absolute Gasteiger partial charge is 0.355 e. The van der Waals surface area contributed by atoms with E-state index < -0.39 is 0 Å². The summed E-state index contributed by atoms with van der Waals surface area (Å²) in [5.74, 6) is 2.14. The average Bonchev–Trinajstić information content (AvgIpc) is 3.28. The van der Waals surface area contributed by atoms with Crippen LogP contribution in [0.15, 0.2) is 48.0 Å². The van der Waals surface area contributed by atoms with Crippen LogP contribution in [0.5, 0.6) is 0 Å². The Balaban J connectivity index is 1.51. The van der Waals surface area contributed by atoms with Crippen LogP contribution in [0.25, 0.3) is 0 Å². The van der Waals surface area contributed by atoms with Gasteiger partial charge >= 0.3 is 0 Å². The average molecular weight is 358 g/mol. The number of aliphatic imine (C=N–C) groups is 1. The van der Waals surface area contributed by atoms with Gasteiger partial charge in [-0.3, -0.25) is 4.99 Å². The second-order valence-corrected chi connectivity index (χ2v) is 8.42. The Morgan fingerprint density at radius 1 is 1.36 bits per heavy atom. The molecule has 1 aromatic heterocycles. The Bertz CT molecular complexity index is 690. The molecule has 1 saturated heterocycles. The van der Waals surface area contributed by atoms with Gasteiger partial charge in [0.25, 0.3) is 0 Å². The van der Waals surface area contributed by atoms with Gasteiger partial charge in [-0.05, 0) is 36.6 Å². The lowest BCUT2D eigenvalue weighted by molar-refractivity contribution is 0.584. The minimum atomic E-state index is 0.336. The SMILES string of the molecule is CN=C(NCc1cccc(Cn2ccnc2)c1)NCC1(C)CCCS1. The number of rotatable bonds is 6. The zero-order valence-electron chi connectivity index (χ0n) is 15.0. The van der Waals surface area contributed by atoms with Crippen molar-refractivity contribution in [2.45, 2.75) is 37.6 Å². The van der Waals surface area contributed by atoms with E-state index in [1.54, 1.807) is 0 Å². The molecule has 0 saturated carbocycles. The fourth-order valence-corrected chi connectivity index (χ4v) is 4.33. The first-order chi connectivity index (χ1) is 12.2. The molecule has 1 unspecified atom stereocenters. The predicted octanol–water partition coefficient (Wildman–Crippen LogP) is 2.88. The molecular formula is C19H27N5S. The van der Waals surface area contributed by atoms with Crippen molar-refractivity contribution >= 4 is 17.7 Å². The zero-order chi connectivity index (χ0) is 17.5. The topological polar surface area (TPSA) is 54.2 Å². The Hall–Kier alpha value is -1.95. The normalized spacial score (nSPS) is 20.6. The van der Waals surface area contributed by atoms with Crippen molar-refractivity contribution in [3.05, 3.63) is 54.1 Å². The molecule has 1 aliphatic heterocycles. The maximum Gasteiger partial charge on any atom is 0.191 e. The van der Waals surface area contributed by atoms with Gasteiger partial charge in [0.15, 0.2) is 5.96 Å². The summed E-state index contributed by atoms with van der Waals surface area (Å²) in [6.45, 7) is 4.90. The molecule has 0 spiro atoms. The molecule has 2 aromatic rings. The lowest BCUT2D eigenvalue weighted by atomic mass is 10.1. The molecule has 25 heavy (non-hydrogen) atoms. The Morgan fingerprint density at radius 3 is 2.96 bits per heavy atom. The number of hydrogen-bond acceptors (Lipinski definition) is 3. The lowest BCUT2D eigenvalue weighted by Gasteiger charge is -2.24. The maximum absolute atomic E-state index is 4.35. The summed E-state index contributed by atoms with van der Waals surface area (Å²) in [4.78, 5) is 8.45. The van der Waals surface area contributed by atoms with Gasteiger partial charge in [0.2, 0.25) is 0 Å². The summed E-state index contributed by atoms with van der Waals surface area (Å²) in [5, 5.41) is 6.90. The molecule has 5 nitrogen and oxygen atoms in total. The minimum absolute atomic E-state index is 0.336. The van der Waals surface area contributed by atoms with Crippen molar-refractivity contribution in [1.29, 1.82) is 0 Å². The van der Waals surface area contributed by atoms with E-state index in [2.05, 4.69) is 68.1 Å². The van der Waals surface area contributed by atoms with Gasteiger partial charge in [0.05, 0.1) is 6.33 Å². The van der Waals surface area contributed by atoms with Crippen LogP contribution >= 0.6 is 11.8 Å². The Labute approximate surface area is 154 Å². The van der Waals surface area contributed by atoms with E-state index in [0.717, 1.165) is 25.6 Å². The molecule has 1 fully saturated rings. The van der Waals surface area contributed by atoms with E-state index in [-0.39, 0.29) is 0 Å². The quantitative estimate of drug-likeness (QED) is 0.617. The van der Waals surface area contributed by atoms with Crippen LogP contribution in [0.4, 0.5) is 0 Å². The van der Waals surface area contributed by atoms with Crippen molar-refractivity contribution in [1.82, 2.24) is 20.2 Å². The number of nitrogens with zero attached hydrogens (tertiary/aromatic N) is 3. The third kappa shape index (κ3) is 5.26. The van der Waals surface area contributed by atoms with Gasteiger partial charge in [-0.2, -0.15) is 11.8 Å². The molecule has 1 aliphatic rings. The highest BCUT2D eigenvalue weighted by Crippen LogP contribution is 2.36. The summed E-state index contributed by atoms with van der Waals surface area (Å²) in [7, 11) is 1.83. The third-order valence-electron chi connectivity index (χ3n) is 4.53. The molecule has 6 heteroatoms. The molecule has 1 aromatic carbocycles. The standard InChI is InChI=1S/C19H27N5S/c1-19(7-4-10-25-19)14-23-18(20-2)22-12-16-5-3-6-17(11-16)13-24-9-8-21-15-24/h3,5-6,8-9,11,15H,4,7,10,12-14H2,1-2H3,(H2,20,22,23). The number of nitrogens with one attached hydrogen (secondary N) is 2. The number of hydrogen-bond donors (Lipinski definition) is 2. The van der Waals surface area contributed by atoms with Crippen molar-refractivity contribution in [2.75, 3.05) is 19.3 Å². The summed E-state index contributed by atoms with van der Waals surface area (Å²) in [6.07, 6.45) is 8.23. The molecular weight excluding hydrogens is 330 g/mol. The van der Waals surface area contributed by atoms with Gasteiger partial charge in [0, 0.05) is 43.8 Å².